The fourth-order valence-corrected chi connectivity index (χ4v) is 5.04. The van der Waals surface area contributed by atoms with Gasteiger partial charge in [0.2, 0.25) is 15.9 Å². The Bertz CT molecular complexity index is 951. The van der Waals surface area contributed by atoms with Gasteiger partial charge in [0.05, 0.1) is 17.5 Å². The van der Waals surface area contributed by atoms with E-state index in [1.807, 2.05) is 42.2 Å². The predicted molar refractivity (Wildman–Crippen MR) is 114 cm³/mol. The Kier molecular flexibility index (Phi) is 7.23. The van der Waals surface area contributed by atoms with Crippen LogP contribution in [0.2, 0.25) is 0 Å². The summed E-state index contributed by atoms with van der Waals surface area (Å²) in [5, 5.41) is 0. The highest BCUT2D eigenvalue weighted by Crippen LogP contribution is 2.20. The maximum Gasteiger partial charge on any atom is 0.243 e. The van der Waals surface area contributed by atoms with Gasteiger partial charge in [-0.2, -0.15) is 4.31 Å². The summed E-state index contributed by atoms with van der Waals surface area (Å²) >= 11 is 0. The van der Waals surface area contributed by atoms with E-state index in [-0.39, 0.29) is 23.4 Å². The van der Waals surface area contributed by atoms with Gasteiger partial charge in [0.1, 0.15) is 5.82 Å². The van der Waals surface area contributed by atoms with E-state index in [9.17, 15) is 17.6 Å². The second-order valence-corrected chi connectivity index (χ2v) is 9.52. The number of hydrogen-bond donors (Lipinski definition) is 0. The highest BCUT2D eigenvalue weighted by Gasteiger charge is 2.28. The lowest BCUT2D eigenvalue weighted by Gasteiger charge is -2.28. The largest absolute Gasteiger partial charge is 0.338 e. The molecule has 1 fully saturated rings. The third kappa shape index (κ3) is 5.24. The molecule has 3 rings (SSSR count). The van der Waals surface area contributed by atoms with Gasteiger partial charge in [-0.25, -0.2) is 12.8 Å². The minimum absolute atomic E-state index is 0.00111. The van der Waals surface area contributed by atoms with Gasteiger partial charge in [-0.3, -0.25) is 9.69 Å². The summed E-state index contributed by atoms with van der Waals surface area (Å²) in [7, 11) is -1.88. The Hall–Kier alpha value is -2.29. The SMILES string of the molecule is C[C@H](c1ccccc1)N(C)C(=O)CN1CCCN(S(=O)(=O)c2ccc(F)cc2)CC1. The Balaban J connectivity index is 1.59. The van der Waals surface area contributed by atoms with Crippen molar-refractivity contribution >= 4 is 15.9 Å². The van der Waals surface area contributed by atoms with Crippen LogP contribution in [0.1, 0.15) is 24.9 Å². The van der Waals surface area contributed by atoms with Crippen molar-refractivity contribution in [1.29, 1.82) is 0 Å². The fourth-order valence-electron chi connectivity index (χ4n) is 3.58. The van der Waals surface area contributed by atoms with Crippen LogP contribution in [0.3, 0.4) is 0 Å². The molecule has 2 aromatic rings. The molecule has 1 aliphatic rings. The van der Waals surface area contributed by atoms with E-state index in [0.717, 1.165) is 17.7 Å². The average molecular weight is 434 g/mol. The van der Waals surface area contributed by atoms with Crippen molar-refractivity contribution in [1.82, 2.24) is 14.1 Å². The molecule has 30 heavy (non-hydrogen) atoms. The van der Waals surface area contributed by atoms with E-state index in [0.29, 0.717) is 32.6 Å². The number of sulfonamides is 1. The third-order valence-corrected chi connectivity index (χ3v) is 7.53. The highest BCUT2D eigenvalue weighted by molar-refractivity contribution is 7.89. The van der Waals surface area contributed by atoms with Gasteiger partial charge < -0.3 is 4.90 Å². The smallest absolute Gasteiger partial charge is 0.243 e. The third-order valence-electron chi connectivity index (χ3n) is 5.61. The second kappa shape index (κ2) is 9.68. The van der Waals surface area contributed by atoms with Crippen LogP contribution in [-0.4, -0.2) is 68.2 Å². The van der Waals surface area contributed by atoms with Crippen molar-refractivity contribution in [2.75, 3.05) is 39.8 Å². The molecule has 1 aliphatic heterocycles. The highest BCUT2D eigenvalue weighted by atomic mass is 32.2. The first-order chi connectivity index (χ1) is 14.3. The first kappa shape index (κ1) is 22.4. The van der Waals surface area contributed by atoms with E-state index in [2.05, 4.69) is 0 Å². The summed E-state index contributed by atoms with van der Waals surface area (Å²) in [6, 6.07) is 14.7. The van der Waals surface area contributed by atoms with Gasteiger partial charge in [0.15, 0.2) is 0 Å². The van der Waals surface area contributed by atoms with Crippen molar-refractivity contribution in [2.45, 2.75) is 24.3 Å². The number of hydrogen-bond acceptors (Lipinski definition) is 4. The number of benzene rings is 2. The van der Waals surface area contributed by atoms with Crippen molar-refractivity contribution in [2.24, 2.45) is 0 Å². The number of likely N-dealkylation sites (N-methyl/N-ethyl adjacent to an activating group) is 1. The maximum atomic E-state index is 13.1. The molecule has 1 atom stereocenters. The molecule has 0 aromatic heterocycles. The van der Waals surface area contributed by atoms with Crippen LogP contribution in [0.25, 0.3) is 0 Å². The van der Waals surface area contributed by atoms with Crippen LogP contribution in [0, 0.1) is 5.82 Å². The first-order valence-corrected chi connectivity index (χ1v) is 11.5. The number of halogens is 1. The molecule has 0 unspecified atom stereocenters. The van der Waals surface area contributed by atoms with Crippen molar-refractivity contribution in [3.8, 4) is 0 Å². The number of rotatable bonds is 6. The van der Waals surface area contributed by atoms with Crippen LogP contribution < -0.4 is 0 Å². The zero-order valence-electron chi connectivity index (χ0n) is 17.4. The molecule has 0 radical (unpaired) electrons. The first-order valence-electron chi connectivity index (χ1n) is 10.1. The predicted octanol–water partition coefficient (Wildman–Crippen LogP) is 2.74. The minimum atomic E-state index is -3.68. The van der Waals surface area contributed by atoms with Crippen LogP contribution in [0.5, 0.6) is 0 Å². The Morgan fingerprint density at radius 3 is 2.37 bits per heavy atom. The van der Waals surface area contributed by atoms with Crippen molar-refractivity contribution in [3.05, 3.63) is 66.0 Å². The number of amides is 1. The molecule has 0 spiro atoms. The zero-order chi connectivity index (χ0) is 21.7. The maximum absolute atomic E-state index is 13.1. The zero-order valence-corrected chi connectivity index (χ0v) is 18.2. The Labute approximate surface area is 177 Å². The normalized spacial score (nSPS) is 17.3. The molecule has 0 bridgehead atoms. The number of nitrogens with zero attached hydrogens (tertiary/aromatic N) is 3. The lowest BCUT2D eigenvalue weighted by Crippen LogP contribution is -2.41. The van der Waals surface area contributed by atoms with Gasteiger partial charge >= 0.3 is 0 Å². The lowest BCUT2D eigenvalue weighted by molar-refractivity contribution is -0.133. The standard InChI is InChI=1S/C22H28FN3O3S/c1-18(19-7-4-3-5-8-19)24(2)22(27)17-25-13-6-14-26(16-15-25)30(28,29)21-11-9-20(23)10-12-21/h3-5,7-12,18H,6,13-17H2,1-2H3/t18-/m1/s1. The summed E-state index contributed by atoms with van der Waals surface area (Å²) in [4.78, 5) is 16.6. The topological polar surface area (TPSA) is 60.9 Å². The molecular formula is C22H28FN3O3S. The Morgan fingerprint density at radius 1 is 1.03 bits per heavy atom. The Morgan fingerprint density at radius 2 is 1.70 bits per heavy atom. The summed E-state index contributed by atoms with van der Waals surface area (Å²) in [5.41, 5.74) is 1.07. The fraction of sp³-hybridized carbons (Fsp3) is 0.409. The van der Waals surface area contributed by atoms with E-state index < -0.39 is 15.8 Å². The molecule has 8 heteroatoms. The van der Waals surface area contributed by atoms with Crippen LogP contribution in [0.15, 0.2) is 59.5 Å². The minimum Gasteiger partial charge on any atom is -0.338 e. The molecular weight excluding hydrogens is 405 g/mol. The molecule has 6 nitrogen and oxygen atoms in total. The molecule has 1 saturated heterocycles. The van der Waals surface area contributed by atoms with Crippen LogP contribution in [0.4, 0.5) is 4.39 Å². The quantitative estimate of drug-likeness (QED) is 0.703. The number of carbonyl (C=O) groups is 1. The van der Waals surface area contributed by atoms with E-state index >= 15 is 0 Å². The molecule has 0 saturated carbocycles. The van der Waals surface area contributed by atoms with Crippen LogP contribution in [-0.2, 0) is 14.8 Å². The van der Waals surface area contributed by atoms with Gasteiger partial charge in [-0.05, 0) is 49.7 Å². The van der Waals surface area contributed by atoms with Gasteiger partial charge in [0, 0.05) is 26.7 Å². The van der Waals surface area contributed by atoms with Gasteiger partial charge in [-0.15, -0.1) is 0 Å². The molecule has 162 valence electrons. The lowest BCUT2D eigenvalue weighted by atomic mass is 10.1. The molecule has 1 heterocycles. The molecule has 2 aromatic carbocycles. The second-order valence-electron chi connectivity index (χ2n) is 7.58. The summed E-state index contributed by atoms with van der Waals surface area (Å²) in [6.45, 7) is 4.03. The summed E-state index contributed by atoms with van der Waals surface area (Å²) in [5.74, 6) is -0.468. The van der Waals surface area contributed by atoms with Crippen molar-refractivity contribution < 1.29 is 17.6 Å². The van der Waals surface area contributed by atoms with Gasteiger partial charge in [0.25, 0.3) is 0 Å². The average Bonchev–Trinajstić information content (AvgIpc) is 2.99. The van der Waals surface area contributed by atoms with Crippen LogP contribution >= 0.6 is 0 Å². The van der Waals surface area contributed by atoms with E-state index in [4.69, 9.17) is 0 Å². The van der Waals surface area contributed by atoms with Crippen molar-refractivity contribution in [3.63, 3.8) is 0 Å². The molecule has 0 N–H and O–H groups in total. The summed E-state index contributed by atoms with van der Waals surface area (Å²) in [6.07, 6.45) is 0.631. The van der Waals surface area contributed by atoms with Gasteiger partial charge in [-0.1, -0.05) is 30.3 Å². The van der Waals surface area contributed by atoms with E-state index in [1.165, 1.54) is 16.4 Å². The molecule has 1 amide bonds. The monoisotopic (exact) mass is 433 g/mol. The number of carbonyl (C=O) groups excluding carboxylic acids is 1. The van der Waals surface area contributed by atoms with E-state index in [1.54, 1.807) is 11.9 Å². The summed E-state index contributed by atoms with van der Waals surface area (Å²) < 4.78 is 40.2. The molecule has 0 aliphatic carbocycles.